The van der Waals surface area contributed by atoms with E-state index >= 15 is 0 Å². The van der Waals surface area contributed by atoms with Crippen molar-refractivity contribution < 1.29 is 26.5 Å². The summed E-state index contributed by atoms with van der Waals surface area (Å²) in [6.45, 7) is 0. The van der Waals surface area contributed by atoms with E-state index in [0.29, 0.717) is 0 Å². The molecule has 0 amide bonds. The van der Waals surface area contributed by atoms with Crippen molar-refractivity contribution in [1.82, 2.24) is 29.9 Å². The molecule has 12 heteroatoms. The quantitative estimate of drug-likeness (QED) is 0.139. The number of fused-ring (bicyclic) bond motifs is 38. The molecule has 31 aromatic rings. The fraction of sp³-hybridized carbons (Fsp3) is 0. The number of rotatable bonds is 7. The van der Waals surface area contributed by atoms with Gasteiger partial charge in [0.1, 0.15) is 67.0 Å². The van der Waals surface area contributed by atoms with Crippen LogP contribution in [0.5, 0.6) is 0 Å². The molecule has 640 valence electrons. The lowest BCUT2D eigenvalue weighted by molar-refractivity contribution is 0.658. The molecule has 22 aromatic carbocycles. The molecule has 0 aliphatic carbocycles. The molecule has 0 aliphatic rings. The largest absolute Gasteiger partial charge is 0.456 e. The van der Waals surface area contributed by atoms with E-state index in [0.717, 1.165) is 275 Å². The summed E-state index contributed by atoms with van der Waals surface area (Å²) >= 11 is 0. The Morgan fingerprint density at radius 2 is 0.413 bits per heavy atom. The molecular formula is C126H70N6O6. The lowest BCUT2D eigenvalue weighted by Gasteiger charge is -2.11. The van der Waals surface area contributed by atoms with Gasteiger partial charge in [0, 0.05) is 114 Å². The molecule has 0 fully saturated rings. The third-order valence-corrected chi connectivity index (χ3v) is 27.9. The topological polar surface area (TPSA) is 156 Å². The summed E-state index contributed by atoms with van der Waals surface area (Å²) in [4.78, 5) is 30.7. The van der Waals surface area contributed by atoms with Crippen molar-refractivity contribution in [2.24, 2.45) is 0 Å². The van der Waals surface area contributed by atoms with Crippen LogP contribution in [0.2, 0.25) is 0 Å². The summed E-state index contributed by atoms with van der Waals surface area (Å²) in [5.74, 6) is 0. The lowest BCUT2D eigenvalue weighted by atomic mass is 9.96. The van der Waals surface area contributed by atoms with E-state index in [-0.39, 0.29) is 0 Å². The van der Waals surface area contributed by atoms with Gasteiger partial charge in [-0.3, -0.25) is 15.0 Å². The molecule has 9 heterocycles. The monoisotopic (exact) mass is 1760 g/mol. The lowest BCUT2D eigenvalue weighted by Crippen LogP contribution is -1.92. The van der Waals surface area contributed by atoms with Gasteiger partial charge in [0.25, 0.3) is 0 Å². The van der Waals surface area contributed by atoms with Crippen molar-refractivity contribution in [2.45, 2.75) is 0 Å². The van der Waals surface area contributed by atoms with Crippen molar-refractivity contribution in [1.29, 1.82) is 0 Å². The summed E-state index contributed by atoms with van der Waals surface area (Å²) in [6, 6.07) is 141. The van der Waals surface area contributed by atoms with E-state index < -0.39 is 0 Å². The summed E-state index contributed by atoms with van der Waals surface area (Å²) in [5, 5.41) is 26.6. The molecule has 0 unspecified atom stereocenters. The van der Waals surface area contributed by atoms with Crippen LogP contribution in [0.3, 0.4) is 0 Å². The van der Waals surface area contributed by atoms with Gasteiger partial charge in [-0.25, -0.2) is 15.0 Å². The number of furan rings is 6. The molecule has 0 N–H and O–H groups in total. The van der Waals surface area contributed by atoms with Gasteiger partial charge in [0.15, 0.2) is 0 Å². The van der Waals surface area contributed by atoms with Crippen molar-refractivity contribution >= 4 is 229 Å². The van der Waals surface area contributed by atoms with E-state index in [2.05, 4.69) is 340 Å². The molecule has 0 saturated carbocycles. The Labute approximate surface area is 783 Å². The average Bonchev–Trinajstić information content (AvgIpc) is 1.62. The molecule has 0 radical (unpaired) electrons. The maximum atomic E-state index is 6.76. The van der Waals surface area contributed by atoms with Gasteiger partial charge >= 0.3 is 0 Å². The van der Waals surface area contributed by atoms with Crippen molar-refractivity contribution in [3.8, 4) is 78.3 Å². The van der Waals surface area contributed by atoms with Gasteiger partial charge < -0.3 is 26.5 Å². The predicted octanol–water partition coefficient (Wildman–Crippen LogP) is 34.9. The number of hydrogen-bond acceptors (Lipinski definition) is 12. The third-order valence-electron chi connectivity index (χ3n) is 27.9. The first kappa shape index (κ1) is 76.9. The van der Waals surface area contributed by atoms with E-state index in [1.165, 1.54) is 32.3 Å². The van der Waals surface area contributed by atoms with Gasteiger partial charge in [-0.15, -0.1) is 0 Å². The van der Waals surface area contributed by atoms with Crippen LogP contribution in [0.4, 0.5) is 0 Å². The molecule has 12 nitrogen and oxygen atoms in total. The van der Waals surface area contributed by atoms with Crippen LogP contribution in [0.15, 0.2) is 452 Å². The maximum Gasteiger partial charge on any atom is 0.147 e. The highest BCUT2D eigenvalue weighted by atomic mass is 16.4. The Kier molecular flexibility index (Phi) is 16.9. The molecule has 0 bridgehead atoms. The summed E-state index contributed by atoms with van der Waals surface area (Å²) in [6.07, 6.45) is 5.69. The molecule has 31 rings (SSSR count). The minimum atomic E-state index is 0.817. The first-order chi connectivity index (χ1) is 68.4. The van der Waals surface area contributed by atoms with Gasteiger partial charge in [-0.2, -0.15) is 0 Å². The first-order valence-electron chi connectivity index (χ1n) is 46.3. The fourth-order valence-corrected chi connectivity index (χ4v) is 21.6. The Morgan fingerprint density at radius 3 is 0.790 bits per heavy atom. The Hall–Kier alpha value is -18.8. The second kappa shape index (κ2) is 30.4. The first-order valence-corrected chi connectivity index (χ1v) is 46.3. The van der Waals surface area contributed by atoms with E-state index in [1.807, 2.05) is 85.3 Å². The van der Waals surface area contributed by atoms with Crippen LogP contribution in [-0.2, 0) is 0 Å². The van der Waals surface area contributed by atoms with Crippen LogP contribution in [-0.4, -0.2) is 29.9 Å². The standard InChI is InChI=1S/C46H26N2O2.2C40H22N2O2/c1-3-16-34-32(14-1)33-15-2-4-17-35(33)44-43(34)47-26-39(48-44)30-13-8-11-28(25-30)27-10-7-12-29(24-27)31-19-9-20-36-37-22-23-41-42(46(37)50-45(31)36)38-18-5-6-21-40(38)49-41;1-3-16-29-25(12-1)26-13-2-4-17-30(26)38-37(29)41-22-33(42-38)23-10-9-11-24(20-23)36-39-31(27-14-5-7-18-34(27)43-39)21-32-28-15-6-8-19-35(28)44-40(32)36;1-3-13-28-26(11-1)27-12-2-4-14-29(27)38-37(28)41-22-33(42-38)24-10-7-9-23(21-24)25-16-8-17-30-31-19-20-35-36(40(31)44-39(25)30)32-15-5-6-18-34(32)43-35/h1-26H;2*1-22H. The minimum absolute atomic E-state index is 0.817. The zero-order chi connectivity index (χ0) is 90.3. The number of aromatic nitrogens is 6. The number of para-hydroxylation sites is 6. The molecule has 0 spiro atoms. The molecule has 0 aliphatic heterocycles. The highest BCUT2D eigenvalue weighted by Crippen LogP contribution is 2.50. The van der Waals surface area contributed by atoms with Crippen LogP contribution < -0.4 is 0 Å². The third kappa shape index (κ3) is 11.9. The SMILES string of the molecule is c1cc(-c2cccc(-c3cccc4c3oc3c4ccc4oc5ccccc5c43)c2)cc(-c2cnc3c4ccccc4c4ccccc4c3n2)c1.c1cc(-c2cnc3c4ccccc4c4ccccc4c3n2)cc(-c2c3oc4ccccc4c3cc3c2oc2ccccc23)c1.c1cc(-c2cnc3c4ccccc4c4ccccc4c3n2)cc(-c2cccc3c2oc2c3ccc3oc4ccccc4c32)c1. The second-order valence-electron chi connectivity index (χ2n) is 35.6. The van der Waals surface area contributed by atoms with E-state index in [1.54, 1.807) is 0 Å². The fourth-order valence-electron chi connectivity index (χ4n) is 21.6. The van der Waals surface area contributed by atoms with Crippen LogP contribution in [0.25, 0.3) is 308 Å². The normalized spacial score (nSPS) is 12.1. The van der Waals surface area contributed by atoms with Gasteiger partial charge in [0.2, 0.25) is 0 Å². The zero-order valence-electron chi connectivity index (χ0n) is 73.5. The zero-order valence-corrected chi connectivity index (χ0v) is 73.5. The Bertz CT molecular complexity index is 10500. The maximum absolute atomic E-state index is 6.76. The van der Waals surface area contributed by atoms with Crippen LogP contribution >= 0.6 is 0 Å². The summed E-state index contributed by atoms with van der Waals surface area (Å²) in [7, 11) is 0. The van der Waals surface area contributed by atoms with E-state index in [9.17, 15) is 0 Å². The molecular weight excluding hydrogens is 1690 g/mol. The highest BCUT2D eigenvalue weighted by molar-refractivity contribution is 6.29. The van der Waals surface area contributed by atoms with E-state index in [4.69, 9.17) is 56.4 Å². The average molecular weight is 1760 g/mol. The number of benzene rings is 22. The predicted molar refractivity (Wildman–Crippen MR) is 565 cm³/mol. The highest BCUT2D eigenvalue weighted by Gasteiger charge is 2.27. The minimum Gasteiger partial charge on any atom is -0.456 e. The molecule has 0 saturated heterocycles. The summed E-state index contributed by atoms with van der Waals surface area (Å²) < 4.78 is 38.9. The Morgan fingerprint density at radius 1 is 0.145 bits per heavy atom. The molecule has 0 atom stereocenters. The van der Waals surface area contributed by atoms with Crippen LogP contribution in [0, 0.1) is 0 Å². The van der Waals surface area contributed by atoms with Crippen LogP contribution in [0.1, 0.15) is 0 Å². The van der Waals surface area contributed by atoms with Gasteiger partial charge in [-0.05, 0) is 139 Å². The smallest absolute Gasteiger partial charge is 0.147 e. The Balaban J connectivity index is 0.000000100. The summed E-state index contributed by atoms with van der Waals surface area (Å²) in [5.41, 5.74) is 29.6. The number of hydrogen-bond donors (Lipinski definition) is 0. The second-order valence-corrected chi connectivity index (χ2v) is 35.6. The van der Waals surface area contributed by atoms with Crippen molar-refractivity contribution in [3.05, 3.63) is 425 Å². The van der Waals surface area contributed by atoms with Crippen molar-refractivity contribution in [2.75, 3.05) is 0 Å². The molecule has 138 heavy (non-hydrogen) atoms. The van der Waals surface area contributed by atoms with Gasteiger partial charge in [-0.1, -0.05) is 328 Å². The van der Waals surface area contributed by atoms with Gasteiger partial charge in [0.05, 0.1) is 85.1 Å². The molecule has 9 aromatic heterocycles. The van der Waals surface area contributed by atoms with Crippen molar-refractivity contribution in [3.63, 3.8) is 0 Å². The number of nitrogens with zero attached hydrogens (tertiary/aromatic N) is 6.